The minimum Gasteiger partial charge on any atom is -0.422 e. The predicted octanol–water partition coefficient (Wildman–Crippen LogP) is 3.60. The summed E-state index contributed by atoms with van der Waals surface area (Å²) in [6, 6.07) is 10.1. The first-order valence-corrected chi connectivity index (χ1v) is 10.9. The summed E-state index contributed by atoms with van der Waals surface area (Å²) in [5, 5.41) is 6.14. The van der Waals surface area contributed by atoms with Gasteiger partial charge in [0, 0.05) is 24.4 Å². The zero-order chi connectivity index (χ0) is 23.2. The van der Waals surface area contributed by atoms with Crippen LogP contribution in [0.4, 0.5) is 5.69 Å². The topological polar surface area (TPSA) is 126 Å². The number of carbonyl (C=O) groups is 3. The number of pyridine rings is 1. The van der Waals surface area contributed by atoms with E-state index >= 15 is 0 Å². The lowest BCUT2D eigenvalue weighted by Crippen LogP contribution is -2.40. The molecule has 170 valence electrons. The number of hydrogen-bond acceptors (Lipinski definition) is 6. The van der Waals surface area contributed by atoms with E-state index in [2.05, 4.69) is 25.6 Å². The molecule has 2 amide bonds. The first-order chi connectivity index (χ1) is 16.0. The SMILES string of the molecule is O=C(Oc1ccccc1)c1nc[nH]c1C(=O)NC1CCC(C(=O)Nc2ccncc2Cl)CC1. The number of H-pyrrole nitrogens is 1. The van der Waals surface area contributed by atoms with E-state index < -0.39 is 11.9 Å². The Morgan fingerprint density at radius 3 is 2.55 bits per heavy atom. The number of hydrogen-bond donors (Lipinski definition) is 3. The molecule has 1 saturated carbocycles. The number of halogens is 1. The number of imidazole rings is 1. The van der Waals surface area contributed by atoms with Gasteiger partial charge >= 0.3 is 5.97 Å². The van der Waals surface area contributed by atoms with Crippen LogP contribution in [0.1, 0.15) is 46.7 Å². The first-order valence-electron chi connectivity index (χ1n) is 10.5. The number of esters is 1. The molecular formula is C23H22ClN5O4. The number of para-hydroxylation sites is 1. The third kappa shape index (κ3) is 5.56. The average Bonchev–Trinajstić information content (AvgIpc) is 3.32. The number of benzene rings is 1. The zero-order valence-corrected chi connectivity index (χ0v) is 18.3. The molecule has 3 N–H and O–H groups in total. The highest BCUT2D eigenvalue weighted by Gasteiger charge is 2.29. The zero-order valence-electron chi connectivity index (χ0n) is 17.6. The molecule has 0 aliphatic heterocycles. The summed E-state index contributed by atoms with van der Waals surface area (Å²) in [4.78, 5) is 48.3. The van der Waals surface area contributed by atoms with E-state index in [9.17, 15) is 14.4 Å². The van der Waals surface area contributed by atoms with E-state index in [4.69, 9.17) is 16.3 Å². The van der Waals surface area contributed by atoms with Crippen molar-refractivity contribution in [2.24, 2.45) is 5.92 Å². The van der Waals surface area contributed by atoms with Crippen molar-refractivity contribution in [1.82, 2.24) is 20.3 Å². The van der Waals surface area contributed by atoms with Crippen molar-refractivity contribution in [2.75, 3.05) is 5.32 Å². The Hall–Kier alpha value is -3.72. The fourth-order valence-electron chi connectivity index (χ4n) is 3.73. The van der Waals surface area contributed by atoms with Gasteiger partial charge in [0.1, 0.15) is 11.4 Å². The summed E-state index contributed by atoms with van der Waals surface area (Å²) in [5.74, 6) is -1.08. The van der Waals surface area contributed by atoms with Crippen LogP contribution in [0.15, 0.2) is 55.1 Å². The number of aromatic nitrogens is 3. The van der Waals surface area contributed by atoms with Crippen molar-refractivity contribution in [3.8, 4) is 5.75 Å². The molecular weight excluding hydrogens is 446 g/mol. The molecule has 3 aromatic rings. The fourth-order valence-corrected chi connectivity index (χ4v) is 3.90. The Bertz CT molecular complexity index is 1140. The molecule has 0 unspecified atom stereocenters. The molecule has 1 aliphatic rings. The van der Waals surface area contributed by atoms with Crippen molar-refractivity contribution >= 4 is 35.1 Å². The Balaban J connectivity index is 1.30. The Labute approximate surface area is 194 Å². The highest BCUT2D eigenvalue weighted by molar-refractivity contribution is 6.33. The summed E-state index contributed by atoms with van der Waals surface area (Å²) < 4.78 is 5.28. The fraction of sp³-hybridized carbons (Fsp3) is 0.261. The molecule has 0 spiro atoms. The van der Waals surface area contributed by atoms with Crippen molar-refractivity contribution in [3.05, 3.63) is 71.5 Å². The summed E-state index contributed by atoms with van der Waals surface area (Å²) in [6.45, 7) is 0. The summed E-state index contributed by atoms with van der Waals surface area (Å²) in [7, 11) is 0. The summed E-state index contributed by atoms with van der Waals surface area (Å²) in [6.07, 6.45) is 6.81. The van der Waals surface area contributed by atoms with Crippen LogP contribution in [-0.4, -0.2) is 38.8 Å². The number of carbonyl (C=O) groups excluding carboxylic acids is 3. The van der Waals surface area contributed by atoms with E-state index in [1.807, 2.05) is 0 Å². The number of aromatic amines is 1. The predicted molar refractivity (Wildman–Crippen MR) is 121 cm³/mol. The molecule has 10 heteroatoms. The third-order valence-corrected chi connectivity index (χ3v) is 5.78. The van der Waals surface area contributed by atoms with Gasteiger partial charge in [0.15, 0.2) is 5.69 Å². The van der Waals surface area contributed by atoms with Gasteiger partial charge in [0.2, 0.25) is 5.91 Å². The maximum absolute atomic E-state index is 12.8. The minimum absolute atomic E-state index is 0.0446. The van der Waals surface area contributed by atoms with Crippen LogP contribution in [0.5, 0.6) is 5.75 Å². The lowest BCUT2D eigenvalue weighted by molar-refractivity contribution is -0.120. The van der Waals surface area contributed by atoms with Crippen LogP contribution in [-0.2, 0) is 4.79 Å². The number of rotatable bonds is 6. The molecule has 4 rings (SSSR count). The maximum atomic E-state index is 12.8. The van der Waals surface area contributed by atoms with E-state index in [-0.39, 0.29) is 29.3 Å². The lowest BCUT2D eigenvalue weighted by atomic mass is 9.85. The van der Waals surface area contributed by atoms with Gasteiger partial charge in [0.05, 0.1) is 17.0 Å². The van der Waals surface area contributed by atoms with E-state index in [1.165, 1.54) is 12.5 Å². The van der Waals surface area contributed by atoms with Crippen LogP contribution in [0.2, 0.25) is 5.02 Å². The van der Waals surface area contributed by atoms with Crippen molar-refractivity contribution in [3.63, 3.8) is 0 Å². The van der Waals surface area contributed by atoms with Crippen LogP contribution in [0.25, 0.3) is 0 Å². The average molecular weight is 468 g/mol. The van der Waals surface area contributed by atoms with Crippen LogP contribution >= 0.6 is 11.6 Å². The number of nitrogens with zero attached hydrogens (tertiary/aromatic N) is 2. The normalized spacial score (nSPS) is 17.7. The Morgan fingerprint density at radius 1 is 1.06 bits per heavy atom. The largest absolute Gasteiger partial charge is 0.422 e. The monoisotopic (exact) mass is 467 g/mol. The Kier molecular flexibility index (Phi) is 6.99. The number of ether oxygens (including phenoxy) is 1. The molecule has 1 fully saturated rings. The second-order valence-electron chi connectivity index (χ2n) is 7.70. The second-order valence-corrected chi connectivity index (χ2v) is 8.10. The molecule has 2 heterocycles. The van der Waals surface area contributed by atoms with Gasteiger partial charge < -0.3 is 20.4 Å². The quantitative estimate of drug-likeness (QED) is 0.375. The second kappa shape index (κ2) is 10.3. The number of anilines is 1. The molecule has 1 aliphatic carbocycles. The molecule has 0 atom stereocenters. The van der Waals surface area contributed by atoms with Gasteiger partial charge in [-0.15, -0.1) is 0 Å². The third-order valence-electron chi connectivity index (χ3n) is 5.48. The number of amides is 2. The van der Waals surface area contributed by atoms with Crippen molar-refractivity contribution < 1.29 is 19.1 Å². The summed E-state index contributed by atoms with van der Waals surface area (Å²) >= 11 is 6.05. The van der Waals surface area contributed by atoms with E-state index in [1.54, 1.807) is 42.6 Å². The Morgan fingerprint density at radius 2 is 1.82 bits per heavy atom. The molecule has 33 heavy (non-hydrogen) atoms. The smallest absolute Gasteiger partial charge is 0.364 e. The van der Waals surface area contributed by atoms with E-state index in [0.29, 0.717) is 42.1 Å². The summed E-state index contributed by atoms with van der Waals surface area (Å²) in [5.41, 5.74) is 0.489. The molecule has 2 aromatic heterocycles. The van der Waals surface area contributed by atoms with Gasteiger partial charge in [-0.3, -0.25) is 14.6 Å². The molecule has 1 aromatic carbocycles. The van der Waals surface area contributed by atoms with Gasteiger partial charge in [-0.05, 0) is 43.9 Å². The molecule has 9 nitrogen and oxygen atoms in total. The highest BCUT2D eigenvalue weighted by Crippen LogP contribution is 2.27. The number of nitrogens with one attached hydrogen (secondary N) is 3. The molecule has 0 saturated heterocycles. The van der Waals surface area contributed by atoms with Gasteiger partial charge in [-0.1, -0.05) is 29.8 Å². The van der Waals surface area contributed by atoms with Crippen LogP contribution < -0.4 is 15.4 Å². The van der Waals surface area contributed by atoms with Crippen LogP contribution in [0, 0.1) is 5.92 Å². The molecule has 0 radical (unpaired) electrons. The standard InChI is InChI=1S/C23H22ClN5O4/c24-17-12-25-11-10-18(17)29-21(30)14-6-8-15(9-7-14)28-22(31)19-20(27-13-26-19)23(32)33-16-4-2-1-3-5-16/h1-5,10-15H,6-9H2,(H,26,27)(H,28,31)(H,25,29,30). The van der Waals surface area contributed by atoms with Gasteiger partial charge in [-0.25, -0.2) is 9.78 Å². The van der Waals surface area contributed by atoms with Gasteiger partial charge in [0.25, 0.3) is 5.91 Å². The highest BCUT2D eigenvalue weighted by atomic mass is 35.5. The maximum Gasteiger partial charge on any atom is 0.364 e. The first kappa shape index (κ1) is 22.5. The van der Waals surface area contributed by atoms with Crippen molar-refractivity contribution in [1.29, 1.82) is 0 Å². The van der Waals surface area contributed by atoms with Crippen LogP contribution in [0.3, 0.4) is 0 Å². The lowest BCUT2D eigenvalue weighted by Gasteiger charge is -2.28. The van der Waals surface area contributed by atoms with E-state index in [0.717, 1.165) is 0 Å². The van der Waals surface area contributed by atoms with Crippen molar-refractivity contribution in [2.45, 2.75) is 31.7 Å². The van der Waals surface area contributed by atoms with Gasteiger partial charge in [-0.2, -0.15) is 0 Å². The minimum atomic E-state index is -0.720. The molecule has 0 bridgehead atoms.